The summed E-state index contributed by atoms with van der Waals surface area (Å²) in [5.74, 6) is 0. The number of aliphatic hydroxyl groups excluding tert-OH is 1. The molecule has 94 valence electrons. The molecule has 1 N–H and O–H groups in total. The van der Waals surface area contributed by atoms with E-state index in [0.29, 0.717) is 6.10 Å². The molecule has 0 aliphatic carbocycles. The Morgan fingerprint density at radius 3 is 2.59 bits per heavy atom. The fraction of sp³-hybridized carbons (Fsp3) is 0.615. The second-order valence-electron chi connectivity index (χ2n) is 4.54. The first kappa shape index (κ1) is 12.3. The molecule has 4 nitrogen and oxygen atoms in total. The molecule has 2 rings (SSSR count). The molecule has 1 atom stereocenters. The molecule has 17 heavy (non-hydrogen) atoms. The Morgan fingerprint density at radius 2 is 2.12 bits per heavy atom. The minimum Gasteiger partial charge on any atom is -0.387 e. The molecule has 1 aromatic rings. The Hall–Kier alpha value is -1.13. The topological polar surface area (TPSA) is 45.6 Å². The number of ether oxygens (including phenoxy) is 1. The number of rotatable bonds is 3. The maximum atomic E-state index is 9.40. The molecule has 0 radical (unpaired) electrons. The Kier molecular flexibility index (Phi) is 3.97. The van der Waals surface area contributed by atoms with Gasteiger partial charge in [0, 0.05) is 20.2 Å². The van der Waals surface area contributed by atoms with Crippen LogP contribution in [0.25, 0.3) is 0 Å². The van der Waals surface area contributed by atoms with E-state index < -0.39 is 6.10 Å². The van der Waals surface area contributed by atoms with Crippen LogP contribution in [0.2, 0.25) is 0 Å². The van der Waals surface area contributed by atoms with Crippen LogP contribution in [0, 0.1) is 0 Å². The number of pyridine rings is 1. The maximum absolute atomic E-state index is 9.40. The Morgan fingerprint density at radius 1 is 1.41 bits per heavy atom. The molecule has 0 unspecified atom stereocenters. The van der Waals surface area contributed by atoms with Gasteiger partial charge in [-0.05, 0) is 31.9 Å². The smallest absolute Gasteiger partial charge is 0.0931 e. The number of aromatic nitrogens is 1. The molecule has 0 amide bonds. The molecule has 1 aromatic heterocycles. The molecule has 1 aliphatic heterocycles. The lowest BCUT2D eigenvalue weighted by molar-refractivity contribution is 0.0819. The summed E-state index contributed by atoms with van der Waals surface area (Å²) in [5, 5.41) is 9.40. The summed E-state index contributed by atoms with van der Waals surface area (Å²) in [6.07, 6.45) is 3.87. The summed E-state index contributed by atoms with van der Waals surface area (Å²) >= 11 is 0. The quantitative estimate of drug-likeness (QED) is 0.868. The van der Waals surface area contributed by atoms with Crippen LogP contribution < -0.4 is 4.90 Å². The standard InChI is InChI=1S/C13H20N2O2/c1-10(16)13-4-3-11(9-14-13)15-7-5-12(17-2)6-8-15/h3-4,9-10,12,16H,5-8H2,1-2H3/t10-/m0/s1. The van der Waals surface area contributed by atoms with Crippen molar-refractivity contribution in [3.63, 3.8) is 0 Å². The van der Waals surface area contributed by atoms with Gasteiger partial charge in [-0.3, -0.25) is 4.98 Å². The van der Waals surface area contributed by atoms with E-state index in [-0.39, 0.29) is 0 Å². The van der Waals surface area contributed by atoms with Gasteiger partial charge >= 0.3 is 0 Å². The van der Waals surface area contributed by atoms with Crippen LogP contribution in [0.15, 0.2) is 18.3 Å². The van der Waals surface area contributed by atoms with Crippen molar-refractivity contribution in [2.75, 3.05) is 25.1 Å². The zero-order chi connectivity index (χ0) is 12.3. The van der Waals surface area contributed by atoms with Crippen molar-refractivity contribution < 1.29 is 9.84 Å². The van der Waals surface area contributed by atoms with Crippen LogP contribution in [-0.2, 0) is 4.74 Å². The third-order valence-electron chi connectivity index (χ3n) is 3.34. The van der Waals surface area contributed by atoms with Crippen LogP contribution >= 0.6 is 0 Å². The van der Waals surface area contributed by atoms with Crippen molar-refractivity contribution >= 4 is 5.69 Å². The summed E-state index contributed by atoms with van der Waals surface area (Å²) in [5.41, 5.74) is 1.85. The number of piperidine rings is 1. The van der Waals surface area contributed by atoms with Gasteiger partial charge < -0.3 is 14.7 Å². The molecule has 4 heteroatoms. The zero-order valence-corrected chi connectivity index (χ0v) is 10.5. The molecule has 2 heterocycles. The van der Waals surface area contributed by atoms with E-state index in [1.165, 1.54) is 0 Å². The first-order valence-corrected chi connectivity index (χ1v) is 6.12. The molecular formula is C13H20N2O2. The average molecular weight is 236 g/mol. The Balaban J connectivity index is 1.99. The van der Waals surface area contributed by atoms with Gasteiger partial charge in [-0.1, -0.05) is 0 Å². The average Bonchev–Trinajstić information content (AvgIpc) is 2.39. The highest BCUT2D eigenvalue weighted by atomic mass is 16.5. The van der Waals surface area contributed by atoms with Gasteiger partial charge in [0.25, 0.3) is 0 Å². The normalized spacial score (nSPS) is 19.4. The number of methoxy groups -OCH3 is 1. The van der Waals surface area contributed by atoms with Gasteiger partial charge in [-0.25, -0.2) is 0 Å². The molecule has 0 bridgehead atoms. The minimum absolute atomic E-state index is 0.399. The first-order valence-electron chi connectivity index (χ1n) is 6.12. The highest BCUT2D eigenvalue weighted by Gasteiger charge is 2.19. The summed E-state index contributed by atoms with van der Waals surface area (Å²) in [6.45, 7) is 3.74. The summed E-state index contributed by atoms with van der Waals surface area (Å²) < 4.78 is 5.35. The molecule has 0 aromatic carbocycles. The maximum Gasteiger partial charge on any atom is 0.0931 e. The van der Waals surface area contributed by atoms with Crippen molar-refractivity contribution in [1.82, 2.24) is 4.98 Å². The van der Waals surface area contributed by atoms with Crippen molar-refractivity contribution in [1.29, 1.82) is 0 Å². The van der Waals surface area contributed by atoms with Gasteiger partial charge in [-0.15, -0.1) is 0 Å². The highest BCUT2D eigenvalue weighted by molar-refractivity contribution is 5.45. The Bertz CT molecular complexity index is 343. The van der Waals surface area contributed by atoms with E-state index in [2.05, 4.69) is 9.88 Å². The fourth-order valence-electron chi connectivity index (χ4n) is 2.18. The van der Waals surface area contributed by atoms with Crippen molar-refractivity contribution in [2.45, 2.75) is 32.0 Å². The monoisotopic (exact) mass is 236 g/mol. The van der Waals surface area contributed by atoms with Gasteiger partial charge in [0.15, 0.2) is 0 Å². The van der Waals surface area contributed by atoms with Crippen molar-refractivity contribution in [3.8, 4) is 0 Å². The number of aliphatic hydroxyl groups is 1. The summed E-state index contributed by atoms with van der Waals surface area (Å²) in [6, 6.07) is 3.92. The van der Waals surface area contributed by atoms with Crippen LogP contribution in [0.1, 0.15) is 31.6 Å². The van der Waals surface area contributed by atoms with Crippen molar-refractivity contribution in [2.24, 2.45) is 0 Å². The molecule has 1 aliphatic rings. The predicted molar refractivity (Wildman–Crippen MR) is 67.1 cm³/mol. The SMILES string of the molecule is COC1CCN(c2ccc([C@H](C)O)nc2)CC1. The highest BCUT2D eigenvalue weighted by Crippen LogP contribution is 2.21. The molecule has 0 saturated carbocycles. The van der Waals surface area contributed by atoms with Gasteiger partial charge in [-0.2, -0.15) is 0 Å². The van der Waals surface area contributed by atoms with E-state index in [0.717, 1.165) is 37.3 Å². The molecule has 1 saturated heterocycles. The summed E-state index contributed by atoms with van der Waals surface area (Å²) in [7, 11) is 1.78. The lowest BCUT2D eigenvalue weighted by Gasteiger charge is -2.32. The van der Waals surface area contributed by atoms with Crippen LogP contribution in [0.3, 0.4) is 0 Å². The first-order chi connectivity index (χ1) is 8.20. The van der Waals surface area contributed by atoms with Crippen LogP contribution in [-0.4, -0.2) is 36.4 Å². The molecule has 0 spiro atoms. The van der Waals surface area contributed by atoms with E-state index in [1.807, 2.05) is 18.3 Å². The number of nitrogens with zero attached hydrogens (tertiary/aromatic N) is 2. The number of hydrogen-bond acceptors (Lipinski definition) is 4. The van der Waals surface area contributed by atoms with E-state index in [9.17, 15) is 5.11 Å². The third kappa shape index (κ3) is 2.96. The van der Waals surface area contributed by atoms with E-state index in [1.54, 1.807) is 14.0 Å². The third-order valence-corrected chi connectivity index (χ3v) is 3.34. The van der Waals surface area contributed by atoms with Crippen LogP contribution in [0.5, 0.6) is 0 Å². The Labute approximate surface area is 102 Å². The molecular weight excluding hydrogens is 216 g/mol. The predicted octanol–water partition coefficient (Wildman–Crippen LogP) is 1.75. The van der Waals surface area contributed by atoms with E-state index >= 15 is 0 Å². The number of anilines is 1. The second-order valence-corrected chi connectivity index (χ2v) is 4.54. The number of hydrogen-bond donors (Lipinski definition) is 1. The van der Waals surface area contributed by atoms with Gasteiger partial charge in [0.05, 0.1) is 29.8 Å². The van der Waals surface area contributed by atoms with Crippen LogP contribution in [0.4, 0.5) is 5.69 Å². The minimum atomic E-state index is -0.497. The molecule has 1 fully saturated rings. The second kappa shape index (κ2) is 5.47. The lowest BCUT2D eigenvalue weighted by atomic mass is 10.1. The van der Waals surface area contributed by atoms with Crippen molar-refractivity contribution in [3.05, 3.63) is 24.0 Å². The largest absolute Gasteiger partial charge is 0.387 e. The fourth-order valence-corrected chi connectivity index (χ4v) is 2.18. The van der Waals surface area contributed by atoms with E-state index in [4.69, 9.17) is 4.74 Å². The van der Waals surface area contributed by atoms with Gasteiger partial charge in [0.2, 0.25) is 0 Å². The van der Waals surface area contributed by atoms with Gasteiger partial charge in [0.1, 0.15) is 0 Å². The lowest BCUT2D eigenvalue weighted by Crippen LogP contribution is -2.36. The summed E-state index contributed by atoms with van der Waals surface area (Å²) in [4.78, 5) is 6.58. The zero-order valence-electron chi connectivity index (χ0n) is 10.5.